The number of alkyl halides is 1. The first-order chi connectivity index (χ1) is 4.56. The van der Waals surface area contributed by atoms with E-state index in [1.54, 1.807) is 8.05 Å². The third-order valence-electron chi connectivity index (χ3n) is 1.09. The van der Waals surface area contributed by atoms with Gasteiger partial charge in [-0.15, -0.1) is 25.3 Å². The second-order valence-corrected chi connectivity index (χ2v) is 5.22. The first-order valence-corrected chi connectivity index (χ1v) is 4.46. The molecule has 0 aliphatic rings. The van der Waals surface area contributed by atoms with Crippen molar-refractivity contribution in [3.05, 3.63) is 0 Å². The van der Waals surface area contributed by atoms with E-state index in [-0.39, 0.29) is 0 Å². The van der Waals surface area contributed by atoms with Gasteiger partial charge >= 0.3 is 0 Å². The Labute approximate surface area is 79.1 Å². The summed E-state index contributed by atoms with van der Waals surface area (Å²) < 4.78 is 4.22. The predicted molar refractivity (Wildman–Crippen MR) is 54.9 cm³/mol. The Bertz CT molecular complexity index is 86.2. The maximum atomic E-state index is 5.70. The lowest BCUT2D eigenvalue weighted by Crippen LogP contribution is -2.02. The predicted octanol–water partition coefficient (Wildman–Crippen LogP) is 1.47. The van der Waals surface area contributed by atoms with Gasteiger partial charge in [0.05, 0.1) is 0 Å². The average Bonchev–Trinajstić information content (AvgIpc) is 1.78. The van der Waals surface area contributed by atoms with Crippen LogP contribution in [0.25, 0.3) is 0 Å². The number of halogens is 1. The van der Waals surface area contributed by atoms with Crippen molar-refractivity contribution in [2.24, 2.45) is 0 Å². The van der Waals surface area contributed by atoms with E-state index in [9.17, 15) is 0 Å². The highest BCUT2D eigenvalue weighted by molar-refractivity contribution is 8.02. The van der Waals surface area contributed by atoms with Crippen LogP contribution in [0.1, 0.15) is 19.3 Å². The lowest BCUT2D eigenvalue weighted by molar-refractivity contribution is 0.335. The molecule has 0 atom stereocenters. The van der Waals surface area contributed by atoms with Crippen molar-refractivity contribution in [2.45, 2.75) is 22.8 Å². The monoisotopic (exact) mass is 198 g/mol. The molecule has 0 bridgehead atoms. The molecule has 0 fully saturated rings. The molecule has 0 saturated carbocycles. The summed E-state index contributed by atoms with van der Waals surface area (Å²) in [5.41, 5.74) is 0. The Morgan fingerprint density at radius 1 is 1.40 bits per heavy atom. The average molecular weight is 199 g/mol. The van der Waals surface area contributed by atoms with E-state index in [1.807, 2.05) is 0 Å². The topological polar surface area (TPSA) is 9.23 Å². The van der Waals surface area contributed by atoms with Crippen LogP contribution < -0.4 is 0 Å². The van der Waals surface area contributed by atoms with Gasteiger partial charge < -0.3 is 4.65 Å². The maximum Gasteiger partial charge on any atom is 0.257 e. The summed E-state index contributed by atoms with van der Waals surface area (Å²) in [6.45, 7) is 0.786. The Kier molecular flexibility index (Phi) is 6.21. The van der Waals surface area contributed by atoms with E-state index in [4.69, 9.17) is 16.3 Å². The van der Waals surface area contributed by atoms with E-state index in [0.29, 0.717) is 0 Å². The lowest BCUT2D eigenvalue weighted by Gasteiger charge is -2.12. The van der Waals surface area contributed by atoms with Gasteiger partial charge in [0.15, 0.2) is 0 Å². The Balaban J connectivity index is 3.04. The van der Waals surface area contributed by atoms with Crippen LogP contribution in [0.3, 0.4) is 0 Å². The molecular formula is C5H12BClOS2. The lowest BCUT2D eigenvalue weighted by atomic mass is 10.2. The van der Waals surface area contributed by atoms with Crippen molar-refractivity contribution in [3.8, 4) is 0 Å². The van der Waals surface area contributed by atoms with Gasteiger partial charge in [-0.05, 0) is 19.3 Å². The van der Waals surface area contributed by atoms with Crippen molar-refractivity contribution >= 4 is 44.9 Å². The molecule has 0 spiro atoms. The summed E-state index contributed by atoms with van der Waals surface area (Å²) in [5, 5.41) is 0. The minimum absolute atomic E-state index is 0.645. The molecule has 0 aromatic rings. The normalized spacial score (nSPS) is 11.9. The third-order valence-corrected chi connectivity index (χ3v) is 1.73. The Morgan fingerprint density at radius 3 is 2.40 bits per heavy atom. The second kappa shape index (κ2) is 5.64. The molecule has 0 unspecified atom stereocenters. The van der Waals surface area contributed by atoms with Crippen LogP contribution in [-0.2, 0) is 4.65 Å². The molecule has 0 amide bonds. The van der Waals surface area contributed by atoms with Gasteiger partial charge in [0.2, 0.25) is 0 Å². The summed E-state index contributed by atoms with van der Waals surface area (Å²) in [5.74, 6) is 0. The number of rotatable bonds is 5. The summed E-state index contributed by atoms with van der Waals surface area (Å²) in [7, 11) is 1.69. The molecule has 0 aromatic carbocycles. The van der Waals surface area contributed by atoms with Gasteiger partial charge in [-0.25, -0.2) is 0 Å². The fourth-order valence-electron chi connectivity index (χ4n) is 0.596. The van der Waals surface area contributed by atoms with Gasteiger partial charge in [0.25, 0.3) is 8.05 Å². The van der Waals surface area contributed by atoms with E-state index in [0.717, 1.165) is 25.9 Å². The van der Waals surface area contributed by atoms with Crippen LogP contribution in [0, 0.1) is 0 Å². The zero-order valence-electron chi connectivity index (χ0n) is 6.01. The van der Waals surface area contributed by atoms with Gasteiger partial charge in [0, 0.05) is 6.61 Å². The van der Waals surface area contributed by atoms with Crippen LogP contribution in [-0.4, -0.2) is 18.2 Å². The number of unbranched alkanes of at least 4 members (excludes halogenated alkanes) is 1. The van der Waals surface area contributed by atoms with Gasteiger partial charge in [-0.3, -0.25) is 0 Å². The van der Waals surface area contributed by atoms with Crippen molar-refractivity contribution in [3.63, 3.8) is 0 Å². The van der Waals surface area contributed by atoms with Crippen molar-refractivity contribution in [1.29, 1.82) is 0 Å². The molecule has 0 aromatic heterocycles. The molecule has 60 valence electrons. The zero-order valence-corrected chi connectivity index (χ0v) is 8.55. The highest BCUT2D eigenvalue weighted by atomic mass is 35.5. The van der Waals surface area contributed by atoms with E-state index in [1.165, 1.54) is 0 Å². The standard InChI is InChI=1S/C5H12BClOS2/c6-8-4-2-1-3-5(7,9)10/h9-10H,1-4,6H2. The van der Waals surface area contributed by atoms with Crippen LogP contribution in [0.5, 0.6) is 0 Å². The van der Waals surface area contributed by atoms with E-state index >= 15 is 0 Å². The van der Waals surface area contributed by atoms with E-state index in [2.05, 4.69) is 25.3 Å². The Hall–Kier alpha value is 1.01. The minimum Gasteiger partial charge on any atom is -0.444 e. The van der Waals surface area contributed by atoms with E-state index < -0.39 is 3.54 Å². The number of thiol groups is 2. The fourth-order valence-corrected chi connectivity index (χ4v) is 1.05. The summed E-state index contributed by atoms with van der Waals surface area (Å²) >= 11 is 13.8. The quantitative estimate of drug-likeness (QED) is 0.224. The van der Waals surface area contributed by atoms with Gasteiger partial charge in [-0.2, -0.15) is 0 Å². The first kappa shape index (κ1) is 11.0. The third kappa shape index (κ3) is 9.01. The highest BCUT2D eigenvalue weighted by Gasteiger charge is 2.13. The smallest absolute Gasteiger partial charge is 0.257 e. The molecule has 0 aliphatic carbocycles. The van der Waals surface area contributed by atoms with Crippen molar-refractivity contribution in [1.82, 2.24) is 0 Å². The molecule has 5 heteroatoms. The molecule has 0 saturated heterocycles. The zero-order chi connectivity index (χ0) is 8.04. The molecule has 0 radical (unpaired) electrons. The largest absolute Gasteiger partial charge is 0.444 e. The SMILES string of the molecule is BOCCCCC(S)(S)Cl. The summed E-state index contributed by atoms with van der Waals surface area (Å²) in [6.07, 6.45) is 2.82. The fraction of sp³-hybridized carbons (Fsp3) is 1.00. The molecular weight excluding hydrogens is 186 g/mol. The van der Waals surface area contributed by atoms with Gasteiger partial charge in [0.1, 0.15) is 3.54 Å². The molecule has 0 heterocycles. The number of hydrogen-bond donors (Lipinski definition) is 2. The van der Waals surface area contributed by atoms with Crippen LogP contribution >= 0.6 is 36.9 Å². The molecule has 0 aliphatic heterocycles. The minimum atomic E-state index is -0.645. The molecule has 0 rings (SSSR count). The number of hydrogen-bond acceptors (Lipinski definition) is 3. The van der Waals surface area contributed by atoms with Crippen LogP contribution in [0.2, 0.25) is 0 Å². The van der Waals surface area contributed by atoms with Crippen LogP contribution in [0.15, 0.2) is 0 Å². The highest BCUT2D eigenvalue weighted by Crippen LogP contribution is 2.30. The molecule has 10 heavy (non-hydrogen) atoms. The Morgan fingerprint density at radius 2 is 2.00 bits per heavy atom. The van der Waals surface area contributed by atoms with Crippen LogP contribution in [0.4, 0.5) is 0 Å². The van der Waals surface area contributed by atoms with Crippen molar-refractivity contribution < 1.29 is 4.65 Å². The second-order valence-electron chi connectivity index (χ2n) is 2.17. The first-order valence-electron chi connectivity index (χ1n) is 3.19. The summed E-state index contributed by atoms with van der Waals surface area (Å²) in [6, 6.07) is 0. The van der Waals surface area contributed by atoms with Gasteiger partial charge in [-0.1, -0.05) is 11.6 Å². The molecule has 1 nitrogen and oxygen atoms in total. The summed E-state index contributed by atoms with van der Waals surface area (Å²) in [4.78, 5) is 0. The maximum absolute atomic E-state index is 5.70. The molecule has 0 N–H and O–H groups in total. The van der Waals surface area contributed by atoms with Crippen molar-refractivity contribution in [2.75, 3.05) is 6.61 Å².